The number of fused-ring (bicyclic) bond motifs is 2. The maximum Gasteiger partial charge on any atom is 0.261 e. The highest BCUT2D eigenvalue weighted by Crippen LogP contribution is 2.29. The summed E-state index contributed by atoms with van der Waals surface area (Å²) < 4.78 is 1.34. The summed E-state index contributed by atoms with van der Waals surface area (Å²) in [6.07, 6.45) is 1.44. The molecule has 9 nitrogen and oxygen atoms in total. The predicted molar refractivity (Wildman–Crippen MR) is 131 cm³/mol. The van der Waals surface area contributed by atoms with Gasteiger partial charge in [0.05, 0.1) is 17.2 Å². The van der Waals surface area contributed by atoms with Gasteiger partial charge in [0.25, 0.3) is 5.91 Å². The second-order valence-electron chi connectivity index (χ2n) is 7.77. The Labute approximate surface area is 193 Å². The molecule has 0 unspecified atom stereocenters. The number of aryl methyl sites for hydroxylation is 1. The monoisotopic (exact) mass is 452 g/mol. The maximum absolute atomic E-state index is 13.3. The Balaban J connectivity index is 1.65. The predicted octanol–water partition coefficient (Wildman–Crippen LogP) is 4.02. The van der Waals surface area contributed by atoms with Gasteiger partial charge >= 0.3 is 0 Å². The van der Waals surface area contributed by atoms with Gasteiger partial charge in [-0.15, -0.1) is 0 Å². The Kier molecular flexibility index (Phi) is 5.06. The minimum absolute atomic E-state index is 0.0640. The number of carbonyl (C=O) groups is 1. The van der Waals surface area contributed by atoms with Gasteiger partial charge in [-0.25, -0.2) is 9.97 Å². The summed E-state index contributed by atoms with van der Waals surface area (Å²) in [7, 11) is 0. The third-order valence-electron chi connectivity index (χ3n) is 5.33. The molecule has 2 heterocycles. The zero-order valence-electron chi connectivity index (χ0n) is 18.1. The normalized spacial score (nSPS) is 11.4. The van der Waals surface area contributed by atoms with Crippen molar-refractivity contribution in [3.63, 3.8) is 0 Å². The number of rotatable bonds is 4. The highest BCUT2D eigenvalue weighted by molar-refractivity contribution is 6.16. The number of hydrogen-bond donors (Lipinski definition) is 4. The molecule has 0 aliphatic heterocycles. The van der Waals surface area contributed by atoms with Crippen molar-refractivity contribution in [1.29, 1.82) is 0 Å². The first-order valence-electron chi connectivity index (χ1n) is 10.4. The van der Waals surface area contributed by atoms with Crippen LogP contribution in [0.5, 0.6) is 11.5 Å². The third-order valence-corrected chi connectivity index (χ3v) is 5.33. The molecule has 9 heteroatoms. The molecule has 2 aromatic heterocycles. The van der Waals surface area contributed by atoms with Crippen LogP contribution >= 0.6 is 0 Å². The molecule has 5 N–H and O–H groups in total. The quantitative estimate of drug-likeness (QED) is 0.240. The molecular formula is C25H20N6O3. The molecule has 0 spiro atoms. The molecule has 1 amide bonds. The number of para-hydroxylation sites is 2. The Morgan fingerprint density at radius 3 is 2.41 bits per heavy atom. The van der Waals surface area contributed by atoms with E-state index in [4.69, 9.17) is 5.73 Å². The Morgan fingerprint density at radius 1 is 1.00 bits per heavy atom. The van der Waals surface area contributed by atoms with Crippen LogP contribution in [0.25, 0.3) is 22.2 Å². The van der Waals surface area contributed by atoms with Gasteiger partial charge in [0, 0.05) is 5.69 Å². The molecule has 168 valence electrons. The first-order chi connectivity index (χ1) is 16.4. The number of aromatic hydroxyl groups is 2. The van der Waals surface area contributed by atoms with Crippen LogP contribution < -0.4 is 11.1 Å². The molecular weight excluding hydrogens is 432 g/mol. The van der Waals surface area contributed by atoms with Crippen molar-refractivity contribution in [3.05, 3.63) is 83.4 Å². The number of phenols is 2. The summed E-state index contributed by atoms with van der Waals surface area (Å²) in [6, 6.07) is 19.0. The van der Waals surface area contributed by atoms with Crippen LogP contribution in [0.4, 0.5) is 11.5 Å². The van der Waals surface area contributed by atoms with E-state index in [0.717, 1.165) is 5.56 Å². The van der Waals surface area contributed by atoms with E-state index in [1.807, 2.05) is 37.3 Å². The van der Waals surface area contributed by atoms with Crippen molar-refractivity contribution in [2.75, 3.05) is 11.1 Å². The van der Waals surface area contributed by atoms with E-state index in [2.05, 4.69) is 20.4 Å². The maximum atomic E-state index is 13.3. The number of nitrogens with two attached hydrogens (primary N) is 1. The lowest BCUT2D eigenvalue weighted by Crippen LogP contribution is -2.14. The number of nitrogens with one attached hydrogen (secondary N) is 1. The van der Waals surface area contributed by atoms with E-state index in [9.17, 15) is 15.0 Å². The van der Waals surface area contributed by atoms with E-state index >= 15 is 0 Å². The first kappa shape index (κ1) is 21.0. The number of nitrogens with zero attached hydrogens (tertiary/aromatic N) is 4. The van der Waals surface area contributed by atoms with Gasteiger partial charge < -0.3 is 21.3 Å². The fourth-order valence-corrected chi connectivity index (χ4v) is 3.56. The molecule has 0 radical (unpaired) electrons. The molecule has 0 bridgehead atoms. The number of hydrogen-bond acceptors (Lipinski definition) is 7. The SMILES string of the molecule is Cc1ccc(NC(=O)c2c(N)n(/N=C\c3ccc(O)c(O)c3)c3nc4ccccc4nc23)cc1. The molecule has 5 aromatic rings. The number of nitrogen functional groups attached to an aromatic ring is 1. The zero-order chi connectivity index (χ0) is 23.8. The van der Waals surface area contributed by atoms with Gasteiger partial charge in [0.15, 0.2) is 17.1 Å². The van der Waals surface area contributed by atoms with E-state index in [0.29, 0.717) is 33.4 Å². The summed E-state index contributed by atoms with van der Waals surface area (Å²) in [5, 5.41) is 26.5. The molecule has 0 aliphatic carbocycles. The van der Waals surface area contributed by atoms with Crippen molar-refractivity contribution in [2.45, 2.75) is 6.92 Å². The van der Waals surface area contributed by atoms with E-state index in [1.165, 1.54) is 23.0 Å². The van der Waals surface area contributed by atoms with Gasteiger partial charge in [-0.2, -0.15) is 9.78 Å². The number of carbonyl (C=O) groups excluding carboxylic acids is 1. The molecule has 3 aromatic carbocycles. The van der Waals surface area contributed by atoms with Crippen LogP contribution in [-0.4, -0.2) is 37.0 Å². The second-order valence-corrected chi connectivity index (χ2v) is 7.77. The molecule has 0 saturated heterocycles. The Bertz CT molecular complexity index is 1590. The Hall–Kier alpha value is -4.92. The number of amides is 1. The van der Waals surface area contributed by atoms with Crippen LogP contribution in [0.1, 0.15) is 21.5 Å². The van der Waals surface area contributed by atoms with Crippen molar-refractivity contribution < 1.29 is 15.0 Å². The van der Waals surface area contributed by atoms with Crippen LogP contribution in [0.2, 0.25) is 0 Å². The van der Waals surface area contributed by atoms with Gasteiger partial charge in [0.2, 0.25) is 0 Å². The molecule has 0 fully saturated rings. The highest BCUT2D eigenvalue weighted by atomic mass is 16.3. The standard InChI is InChI=1S/C25H20N6O3/c1-14-6-9-16(10-7-14)28-25(34)21-22-24(30-18-5-3-2-4-17(18)29-22)31(23(21)26)27-13-15-8-11-19(32)20(33)12-15/h2-13,32-33H,26H2,1H3,(H,28,34)/b27-13-. The van der Waals surface area contributed by atoms with E-state index in [-0.39, 0.29) is 22.9 Å². The number of anilines is 2. The average molecular weight is 452 g/mol. The van der Waals surface area contributed by atoms with Crippen molar-refractivity contribution >= 4 is 45.8 Å². The second kappa shape index (κ2) is 8.21. The van der Waals surface area contributed by atoms with Crippen LogP contribution in [0, 0.1) is 6.92 Å². The van der Waals surface area contributed by atoms with E-state index in [1.54, 1.807) is 24.3 Å². The topological polar surface area (TPSA) is 139 Å². The van der Waals surface area contributed by atoms with Crippen LogP contribution in [0.3, 0.4) is 0 Å². The van der Waals surface area contributed by atoms with E-state index < -0.39 is 5.91 Å². The molecule has 0 saturated carbocycles. The fraction of sp³-hybridized carbons (Fsp3) is 0.0400. The Morgan fingerprint density at radius 2 is 1.71 bits per heavy atom. The molecule has 0 aliphatic rings. The number of aromatic nitrogens is 3. The number of benzene rings is 3. The average Bonchev–Trinajstić information content (AvgIpc) is 3.10. The lowest BCUT2D eigenvalue weighted by molar-refractivity contribution is 0.102. The summed E-state index contributed by atoms with van der Waals surface area (Å²) in [6.45, 7) is 1.96. The summed E-state index contributed by atoms with van der Waals surface area (Å²) in [5.74, 6) is -0.893. The number of phenolic OH excluding ortho intramolecular Hbond substituents is 2. The van der Waals surface area contributed by atoms with Crippen LogP contribution in [0.15, 0.2) is 71.8 Å². The largest absolute Gasteiger partial charge is 0.504 e. The van der Waals surface area contributed by atoms with Gasteiger partial charge in [-0.05, 0) is 55.0 Å². The molecule has 34 heavy (non-hydrogen) atoms. The summed E-state index contributed by atoms with van der Waals surface area (Å²) in [4.78, 5) is 22.5. The van der Waals surface area contributed by atoms with Crippen LogP contribution in [-0.2, 0) is 0 Å². The van der Waals surface area contributed by atoms with Crippen molar-refractivity contribution in [3.8, 4) is 11.5 Å². The summed E-state index contributed by atoms with van der Waals surface area (Å²) in [5.41, 5.74) is 10.6. The van der Waals surface area contributed by atoms with Crippen molar-refractivity contribution in [2.24, 2.45) is 5.10 Å². The first-order valence-corrected chi connectivity index (χ1v) is 10.4. The molecule has 5 rings (SSSR count). The summed E-state index contributed by atoms with van der Waals surface area (Å²) >= 11 is 0. The van der Waals surface area contributed by atoms with Gasteiger partial charge in [0.1, 0.15) is 16.9 Å². The highest BCUT2D eigenvalue weighted by Gasteiger charge is 2.24. The van der Waals surface area contributed by atoms with Gasteiger partial charge in [-0.3, -0.25) is 4.79 Å². The van der Waals surface area contributed by atoms with Crippen molar-refractivity contribution in [1.82, 2.24) is 14.6 Å². The minimum atomic E-state index is -0.438. The van der Waals surface area contributed by atoms with Gasteiger partial charge in [-0.1, -0.05) is 29.8 Å². The zero-order valence-corrected chi connectivity index (χ0v) is 18.1. The smallest absolute Gasteiger partial charge is 0.261 e. The lowest BCUT2D eigenvalue weighted by atomic mass is 10.2. The third kappa shape index (κ3) is 3.75. The minimum Gasteiger partial charge on any atom is -0.504 e. The molecule has 0 atom stereocenters. The fourth-order valence-electron chi connectivity index (χ4n) is 3.56. The lowest BCUT2D eigenvalue weighted by Gasteiger charge is -2.06.